The van der Waals surface area contributed by atoms with Crippen LogP contribution in [0.25, 0.3) is 0 Å². The number of aliphatic hydroxyl groups excluding tert-OH is 1. The summed E-state index contributed by atoms with van der Waals surface area (Å²) in [6.45, 7) is 9.31. The molecule has 0 amide bonds. The molecule has 5 nitrogen and oxygen atoms in total. The minimum atomic E-state index is -0.566. The van der Waals surface area contributed by atoms with Gasteiger partial charge in [-0.25, -0.2) is 0 Å². The summed E-state index contributed by atoms with van der Waals surface area (Å²) in [6.07, 6.45) is 3.51. The molecular weight excluding hydrogens is 280 g/mol. The van der Waals surface area contributed by atoms with Gasteiger partial charge in [0.05, 0.1) is 17.8 Å². The van der Waals surface area contributed by atoms with Gasteiger partial charge in [-0.15, -0.1) is 0 Å². The zero-order valence-electron chi connectivity index (χ0n) is 14.1. The maximum absolute atomic E-state index is 12.0. The number of aromatic hydroxyl groups is 1. The second-order valence-electron chi connectivity index (χ2n) is 7.07. The van der Waals surface area contributed by atoms with Crippen molar-refractivity contribution >= 4 is 0 Å². The Morgan fingerprint density at radius 2 is 2.05 bits per heavy atom. The summed E-state index contributed by atoms with van der Waals surface area (Å²) < 4.78 is 1.91. The number of pyridine rings is 1. The number of rotatable bonds is 4. The fourth-order valence-corrected chi connectivity index (χ4v) is 3.43. The van der Waals surface area contributed by atoms with Crippen molar-refractivity contribution in [2.45, 2.75) is 65.1 Å². The number of hydrogen-bond donors (Lipinski definition) is 2. The summed E-state index contributed by atoms with van der Waals surface area (Å²) in [5, 5.41) is 20.1. The van der Waals surface area contributed by atoms with Crippen molar-refractivity contribution in [3.8, 4) is 5.75 Å². The number of aryl methyl sites for hydroxylation is 1. The van der Waals surface area contributed by atoms with Crippen molar-refractivity contribution in [2.24, 2.45) is 0 Å². The first-order chi connectivity index (χ1) is 10.3. The number of aromatic nitrogens is 1. The van der Waals surface area contributed by atoms with Gasteiger partial charge in [0.1, 0.15) is 0 Å². The highest BCUT2D eigenvalue weighted by Gasteiger charge is 2.28. The molecule has 2 heterocycles. The average molecular weight is 308 g/mol. The average Bonchev–Trinajstić information content (AvgIpc) is 2.46. The van der Waals surface area contributed by atoms with E-state index in [4.69, 9.17) is 0 Å². The minimum absolute atomic E-state index is 0.0568. The van der Waals surface area contributed by atoms with Gasteiger partial charge in [0.15, 0.2) is 5.75 Å². The molecule has 1 fully saturated rings. The molecule has 0 saturated carbocycles. The van der Waals surface area contributed by atoms with E-state index < -0.39 is 5.54 Å². The molecule has 1 unspecified atom stereocenters. The highest BCUT2D eigenvalue weighted by molar-refractivity contribution is 5.31. The maximum Gasteiger partial charge on any atom is 0.223 e. The summed E-state index contributed by atoms with van der Waals surface area (Å²) in [6, 6.07) is 1.88. The molecule has 1 atom stereocenters. The van der Waals surface area contributed by atoms with E-state index in [9.17, 15) is 15.0 Å². The molecule has 2 rings (SSSR count). The predicted octanol–water partition coefficient (Wildman–Crippen LogP) is 1.96. The number of aliphatic hydroxyl groups is 1. The van der Waals surface area contributed by atoms with Crippen LogP contribution in [0.1, 0.15) is 51.4 Å². The third kappa shape index (κ3) is 3.20. The molecule has 2 N–H and O–H groups in total. The van der Waals surface area contributed by atoms with E-state index in [0.29, 0.717) is 18.3 Å². The smallest absolute Gasteiger partial charge is 0.223 e. The standard InChI is InChI=1S/C17H28N2O3/c1-12-7-5-6-8-18(12)10-14-16(22)15(21)9-13(2)19(14)17(3,4)11-20/h9,12,20,22H,5-8,10-11H2,1-4H3. The SMILES string of the molecule is Cc1cc(=O)c(O)c(CN2CCCCC2C)n1C(C)(C)CO. The molecule has 0 aromatic carbocycles. The van der Waals surface area contributed by atoms with Crippen LogP contribution in [-0.4, -0.2) is 38.9 Å². The van der Waals surface area contributed by atoms with Crippen LogP contribution in [0.5, 0.6) is 5.75 Å². The first-order valence-corrected chi connectivity index (χ1v) is 8.08. The van der Waals surface area contributed by atoms with E-state index >= 15 is 0 Å². The lowest BCUT2D eigenvalue weighted by molar-refractivity contribution is 0.128. The Labute approximate surface area is 132 Å². The topological polar surface area (TPSA) is 65.7 Å². The van der Waals surface area contributed by atoms with E-state index in [-0.39, 0.29) is 17.8 Å². The largest absolute Gasteiger partial charge is 0.503 e. The van der Waals surface area contributed by atoms with Crippen molar-refractivity contribution in [3.05, 3.63) is 27.7 Å². The van der Waals surface area contributed by atoms with Crippen molar-refractivity contribution in [2.75, 3.05) is 13.2 Å². The lowest BCUT2D eigenvalue weighted by atomic mass is 10.0. The first-order valence-electron chi connectivity index (χ1n) is 8.08. The van der Waals surface area contributed by atoms with Gasteiger partial charge < -0.3 is 14.8 Å². The Hall–Kier alpha value is -1.33. The molecule has 0 bridgehead atoms. The Bertz CT molecular complexity index is 592. The Morgan fingerprint density at radius 3 is 2.64 bits per heavy atom. The monoisotopic (exact) mass is 308 g/mol. The van der Waals surface area contributed by atoms with Crippen molar-refractivity contribution in [1.82, 2.24) is 9.47 Å². The molecule has 0 radical (unpaired) electrons. The zero-order valence-corrected chi connectivity index (χ0v) is 14.1. The van der Waals surface area contributed by atoms with Crippen LogP contribution < -0.4 is 5.43 Å². The molecule has 0 spiro atoms. The predicted molar refractivity (Wildman–Crippen MR) is 87.2 cm³/mol. The molecular formula is C17H28N2O3. The lowest BCUT2D eigenvalue weighted by Crippen LogP contribution is -2.41. The molecule has 1 aliphatic rings. The zero-order chi connectivity index (χ0) is 16.5. The number of hydrogen-bond acceptors (Lipinski definition) is 4. The van der Waals surface area contributed by atoms with E-state index in [0.717, 1.165) is 25.1 Å². The molecule has 1 aliphatic heterocycles. The molecule has 1 aromatic rings. The Balaban J connectivity index is 2.50. The first kappa shape index (κ1) is 17.0. The van der Waals surface area contributed by atoms with Crippen LogP contribution >= 0.6 is 0 Å². The quantitative estimate of drug-likeness (QED) is 0.892. The lowest BCUT2D eigenvalue weighted by Gasteiger charge is -2.37. The molecule has 22 heavy (non-hydrogen) atoms. The third-order valence-electron chi connectivity index (χ3n) is 4.76. The Kier molecular flexibility index (Phi) is 4.97. The third-order valence-corrected chi connectivity index (χ3v) is 4.76. The number of likely N-dealkylation sites (tertiary alicyclic amines) is 1. The second-order valence-corrected chi connectivity index (χ2v) is 7.07. The maximum atomic E-state index is 12.0. The molecule has 1 saturated heterocycles. The van der Waals surface area contributed by atoms with E-state index in [1.165, 1.54) is 12.5 Å². The van der Waals surface area contributed by atoms with Crippen LogP contribution in [-0.2, 0) is 12.1 Å². The normalized spacial score (nSPS) is 20.3. The molecule has 1 aromatic heterocycles. The molecule has 0 aliphatic carbocycles. The van der Waals surface area contributed by atoms with Gasteiger partial charge in [0.25, 0.3) is 0 Å². The molecule has 5 heteroatoms. The second kappa shape index (κ2) is 6.42. The van der Waals surface area contributed by atoms with Crippen molar-refractivity contribution < 1.29 is 10.2 Å². The van der Waals surface area contributed by atoms with Gasteiger partial charge in [-0.2, -0.15) is 0 Å². The van der Waals surface area contributed by atoms with E-state index in [2.05, 4.69) is 11.8 Å². The summed E-state index contributed by atoms with van der Waals surface area (Å²) in [7, 11) is 0. The number of nitrogens with zero attached hydrogens (tertiary/aromatic N) is 2. The van der Waals surface area contributed by atoms with Gasteiger partial charge in [-0.3, -0.25) is 9.69 Å². The fourth-order valence-electron chi connectivity index (χ4n) is 3.43. The van der Waals surface area contributed by atoms with Crippen LogP contribution in [0.2, 0.25) is 0 Å². The highest BCUT2D eigenvalue weighted by atomic mass is 16.3. The van der Waals surface area contributed by atoms with Gasteiger partial charge in [0, 0.05) is 24.3 Å². The summed E-state index contributed by atoms with van der Waals surface area (Å²) >= 11 is 0. The van der Waals surface area contributed by atoms with E-state index in [1.807, 2.05) is 25.3 Å². The minimum Gasteiger partial charge on any atom is -0.503 e. The Morgan fingerprint density at radius 1 is 1.36 bits per heavy atom. The van der Waals surface area contributed by atoms with Crippen LogP contribution in [0.15, 0.2) is 10.9 Å². The van der Waals surface area contributed by atoms with Crippen molar-refractivity contribution in [3.63, 3.8) is 0 Å². The number of piperidine rings is 1. The summed E-state index contributed by atoms with van der Waals surface area (Å²) in [4.78, 5) is 14.3. The summed E-state index contributed by atoms with van der Waals surface area (Å²) in [5.41, 5.74) is 0.463. The van der Waals surface area contributed by atoms with Crippen LogP contribution in [0, 0.1) is 6.92 Å². The van der Waals surface area contributed by atoms with Gasteiger partial charge in [-0.1, -0.05) is 6.42 Å². The van der Waals surface area contributed by atoms with Gasteiger partial charge >= 0.3 is 0 Å². The highest BCUT2D eigenvalue weighted by Crippen LogP contribution is 2.27. The van der Waals surface area contributed by atoms with Crippen LogP contribution in [0.4, 0.5) is 0 Å². The van der Waals surface area contributed by atoms with Crippen molar-refractivity contribution in [1.29, 1.82) is 0 Å². The van der Waals surface area contributed by atoms with E-state index in [1.54, 1.807) is 0 Å². The van der Waals surface area contributed by atoms with Gasteiger partial charge in [-0.05, 0) is 47.1 Å². The fraction of sp³-hybridized carbons (Fsp3) is 0.706. The summed E-state index contributed by atoms with van der Waals surface area (Å²) in [5.74, 6) is -0.190. The molecule has 124 valence electrons. The van der Waals surface area contributed by atoms with Gasteiger partial charge in [0.2, 0.25) is 5.43 Å². The van der Waals surface area contributed by atoms with Crippen LogP contribution in [0.3, 0.4) is 0 Å².